The third-order valence-electron chi connectivity index (χ3n) is 2.99. The third-order valence-corrected chi connectivity index (χ3v) is 5.03. The predicted molar refractivity (Wildman–Crippen MR) is 66.9 cm³/mol. The summed E-state index contributed by atoms with van der Waals surface area (Å²) in [5, 5.41) is 0. The van der Waals surface area contributed by atoms with Gasteiger partial charge < -0.3 is 9.47 Å². The first-order valence-corrected chi connectivity index (χ1v) is 7.06. The zero-order valence-corrected chi connectivity index (χ0v) is 11.5. The Morgan fingerprint density at radius 3 is 2.33 bits per heavy atom. The van der Waals surface area contributed by atoms with Gasteiger partial charge in [-0.15, -0.1) is 0 Å². The van der Waals surface area contributed by atoms with Gasteiger partial charge in [-0.1, -0.05) is 0 Å². The van der Waals surface area contributed by atoms with E-state index in [-0.39, 0.29) is 11.6 Å². The van der Waals surface area contributed by atoms with Gasteiger partial charge in [-0.05, 0) is 38.1 Å². The van der Waals surface area contributed by atoms with Crippen molar-refractivity contribution in [2.24, 2.45) is 0 Å². The molecule has 0 saturated carbocycles. The normalized spacial score (nSPS) is 19.9. The zero-order chi connectivity index (χ0) is 13.4. The van der Waals surface area contributed by atoms with E-state index in [1.54, 1.807) is 31.4 Å². The average Bonchev–Trinajstić information content (AvgIpc) is 2.69. The number of sulfonamides is 1. The first-order chi connectivity index (χ1) is 8.38. The van der Waals surface area contributed by atoms with Gasteiger partial charge in [0.2, 0.25) is 10.0 Å². The van der Waals surface area contributed by atoms with Crippen molar-refractivity contribution >= 4 is 10.0 Å². The van der Waals surface area contributed by atoms with Crippen LogP contribution >= 0.6 is 0 Å². The lowest BCUT2D eigenvalue weighted by molar-refractivity contribution is 0.171. The van der Waals surface area contributed by atoms with Crippen LogP contribution in [0.4, 0.5) is 0 Å². The van der Waals surface area contributed by atoms with Crippen LogP contribution in [0.25, 0.3) is 0 Å². The highest BCUT2D eigenvalue weighted by Gasteiger charge is 2.41. The molecule has 1 aromatic carbocycles. The molecule has 18 heavy (non-hydrogen) atoms. The van der Waals surface area contributed by atoms with Crippen LogP contribution in [0.3, 0.4) is 0 Å². The lowest BCUT2D eigenvalue weighted by Gasteiger charge is -2.28. The Bertz CT molecular complexity index is 522. The van der Waals surface area contributed by atoms with E-state index < -0.39 is 15.6 Å². The Morgan fingerprint density at radius 1 is 1.28 bits per heavy atom. The molecule has 100 valence electrons. The van der Waals surface area contributed by atoms with Crippen LogP contribution in [0.1, 0.15) is 13.8 Å². The summed E-state index contributed by atoms with van der Waals surface area (Å²) in [6.45, 7) is 4.20. The summed E-state index contributed by atoms with van der Waals surface area (Å²) in [6.07, 6.45) is 0. The van der Waals surface area contributed by atoms with E-state index in [1.165, 1.54) is 4.31 Å². The molecule has 5 nitrogen and oxygen atoms in total. The molecule has 0 aliphatic carbocycles. The number of nitrogens with zero attached hydrogens (tertiary/aromatic N) is 1. The number of rotatable bonds is 3. The van der Waals surface area contributed by atoms with E-state index >= 15 is 0 Å². The predicted octanol–water partition coefficient (Wildman–Crippen LogP) is 1.45. The zero-order valence-electron chi connectivity index (χ0n) is 10.7. The van der Waals surface area contributed by atoms with Crippen LogP contribution in [0.2, 0.25) is 0 Å². The summed E-state index contributed by atoms with van der Waals surface area (Å²) in [5.74, 6) is 0.630. The Labute approximate surface area is 107 Å². The molecule has 0 aromatic heterocycles. The second-order valence-corrected chi connectivity index (χ2v) is 6.68. The van der Waals surface area contributed by atoms with Crippen molar-refractivity contribution in [1.29, 1.82) is 0 Å². The van der Waals surface area contributed by atoms with Crippen LogP contribution < -0.4 is 4.74 Å². The quantitative estimate of drug-likeness (QED) is 0.835. The maximum absolute atomic E-state index is 12.5. The minimum Gasteiger partial charge on any atom is -0.497 e. The number of benzene rings is 1. The average molecular weight is 271 g/mol. The van der Waals surface area contributed by atoms with Crippen LogP contribution in [-0.4, -0.2) is 38.7 Å². The Kier molecular flexibility index (Phi) is 3.35. The number of methoxy groups -OCH3 is 1. The number of ether oxygens (including phenoxy) is 2. The molecule has 1 aliphatic rings. The molecule has 0 atom stereocenters. The summed E-state index contributed by atoms with van der Waals surface area (Å²) >= 11 is 0. The van der Waals surface area contributed by atoms with Gasteiger partial charge in [-0.25, -0.2) is 8.42 Å². The monoisotopic (exact) mass is 271 g/mol. The largest absolute Gasteiger partial charge is 0.497 e. The van der Waals surface area contributed by atoms with Gasteiger partial charge in [-0.3, -0.25) is 0 Å². The topological polar surface area (TPSA) is 55.8 Å². The molecule has 1 fully saturated rings. The molecule has 0 bridgehead atoms. The molecule has 0 N–H and O–H groups in total. The maximum Gasteiger partial charge on any atom is 0.245 e. The summed E-state index contributed by atoms with van der Waals surface area (Å²) in [7, 11) is -1.98. The van der Waals surface area contributed by atoms with Crippen molar-refractivity contribution in [2.45, 2.75) is 24.3 Å². The van der Waals surface area contributed by atoms with E-state index in [0.29, 0.717) is 12.4 Å². The van der Waals surface area contributed by atoms with Gasteiger partial charge in [0.15, 0.2) is 0 Å². The van der Waals surface area contributed by atoms with E-state index in [2.05, 4.69) is 0 Å². The highest BCUT2D eigenvalue weighted by molar-refractivity contribution is 7.89. The van der Waals surface area contributed by atoms with Gasteiger partial charge in [0, 0.05) is 0 Å². The minimum absolute atomic E-state index is 0.0986. The molecule has 1 heterocycles. The summed E-state index contributed by atoms with van der Waals surface area (Å²) in [6, 6.07) is 6.36. The summed E-state index contributed by atoms with van der Waals surface area (Å²) < 4.78 is 36.5. The Hall–Kier alpha value is -1.11. The molecule has 2 rings (SSSR count). The molecule has 1 saturated heterocycles. The van der Waals surface area contributed by atoms with E-state index in [4.69, 9.17) is 9.47 Å². The van der Waals surface area contributed by atoms with Crippen molar-refractivity contribution in [2.75, 3.05) is 20.4 Å². The fourth-order valence-electron chi connectivity index (χ4n) is 1.89. The summed E-state index contributed by atoms with van der Waals surface area (Å²) in [5.41, 5.74) is -0.515. The fourth-order valence-corrected chi connectivity index (χ4v) is 3.55. The molecule has 0 amide bonds. The van der Waals surface area contributed by atoms with Crippen molar-refractivity contribution < 1.29 is 17.9 Å². The summed E-state index contributed by atoms with van der Waals surface area (Å²) in [4.78, 5) is 0.252. The van der Waals surface area contributed by atoms with E-state index in [0.717, 1.165) is 0 Å². The van der Waals surface area contributed by atoms with Crippen molar-refractivity contribution in [3.05, 3.63) is 24.3 Å². The highest BCUT2D eigenvalue weighted by atomic mass is 32.2. The van der Waals surface area contributed by atoms with Gasteiger partial charge in [-0.2, -0.15) is 4.31 Å². The Morgan fingerprint density at radius 2 is 1.89 bits per heavy atom. The van der Waals surface area contributed by atoms with Gasteiger partial charge >= 0.3 is 0 Å². The molecule has 0 unspecified atom stereocenters. The van der Waals surface area contributed by atoms with Gasteiger partial charge in [0.25, 0.3) is 0 Å². The van der Waals surface area contributed by atoms with E-state index in [9.17, 15) is 8.42 Å². The second kappa shape index (κ2) is 4.53. The molecular weight excluding hydrogens is 254 g/mol. The molecule has 0 spiro atoms. The van der Waals surface area contributed by atoms with Crippen LogP contribution in [0, 0.1) is 0 Å². The fraction of sp³-hybridized carbons (Fsp3) is 0.500. The van der Waals surface area contributed by atoms with Crippen molar-refractivity contribution in [3.8, 4) is 5.75 Å². The van der Waals surface area contributed by atoms with Gasteiger partial charge in [0.1, 0.15) is 12.5 Å². The van der Waals surface area contributed by atoms with Crippen molar-refractivity contribution in [3.63, 3.8) is 0 Å². The van der Waals surface area contributed by atoms with Crippen LogP contribution in [0.15, 0.2) is 29.2 Å². The Balaban J connectivity index is 2.36. The highest BCUT2D eigenvalue weighted by Crippen LogP contribution is 2.29. The van der Waals surface area contributed by atoms with Crippen LogP contribution in [-0.2, 0) is 14.8 Å². The molecule has 6 heteroatoms. The lowest BCUT2D eigenvalue weighted by Crippen LogP contribution is -2.44. The molecule has 1 aliphatic heterocycles. The number of hydrogen-bond donors (Lipinski definition) is 0. The number of hydrogen-bond acceptors (Lipinski definition) is 4. The minimum atomic E-state index is -3.52. The SMILES string of the molecule is COc1ccc(S(=O)(=O)N2COCC2(C)C)cc1. The van der Waals surface area contributed by atoms with E-state index in [1.807, 2.05) is 13.8 Å². The van der Waals surface area contributed by atoms with Crippen molar-refractivity contribution in [1.82, 2.24) is 4.31 Å². The molecular formula is C12H17NO4S. The first kappa shape index (κ1) is 13.3. The first-order valence-electron chi connectivity index (χ1n) is 5.62. The smallest absolute Gasteiger partial charge is 0.245 e. The maximum atomic E-state index is 12.5. The molecule has 1 aromatic rings. The third kappa shape index (κ3) is 2.23. The molecule has 0 radical (unpaired) electrons. The van der Waals surface area contributed by atoms with Gasteiger partial charge in [0.05, 0.1) is 24.2 Å². The van der Waals surface area contributed by atoms with Crippen LogP contribution in [0.5, 0.6) is 5.75 Å². The lowest BCUT2D eigenvalue weighted by atomic mass is 10.1. The second-order valence-electron chi connectivity index (χ2n) is 4.82. The standard InChI is InChI=1S/C12H17NO4S/c1-12(2)8-17-9-13(12)18(14,15)11-6-4-10(16-3)5-7-11/h4-7H,8-9H2,1-3H3.